The van der Waals surface area contributed by atoms with Crippen LogP contribution in [-0.4, -0.2) is 31.0 Å². The monoisotopic (exact) mass is 292 g/mol. The Bertz CT molecular complexity index is 601. The van der Waals surface area contributed by atoms with Crippen molar-refractivity contribution in [3.05, 3.63) is 39.7 Å². The molecular formula is C13H12N2O4S. The van der Waals surface area contributed by atoms with Gasteiger partial charge in [-0.25, -0.2) is 9.78 Å². The summed E-state index contributed by atoms with van der Waals surface area (Å²) in [6.45, 7) is 0. The molecule has 0 fully saturated rings. The van der Waals surface area contributed by atoms with E-state index < -0.39 is 5.97 Å². The van der Waals surface area contributed by atoms with Crippen molar-refractivity contribution in [3.8, 4) is 0 Å². The fraction of sp³-hybridized carbons (Fsp3) is 0.154. The van der Waals surface area contributed by atoms with E-state index in [9.17, 15) is 9.59 Å². The van der Waals surface area contributed by atoms with Crippen molar-refractivity contribution in [3.63, 3.8) is 0 Å². The normalized spacial score (nSPS) is 10.7. The molecule has 2 heterocycles. The number of methoxy groups -OCH3 is 1. The van der Waals surface area contributed by atoms with E-state index in [2.05, 4.69) is 15.0 Å². The Hall–Kier alpha value is -2.41. The third-order valence-electron chi connectivity index (χ3n) is 2.38. The quantitative estimate of drug-likeness (QED) is 0.872. The second-order valence-corrected chi connectivity index (χ2v) is 4.73. The number of nitrogens with one attached hydrogen (secondary N) is 1. The number of nitrogens with zero attached hydrogens (tertiary/aromatic N) is 1. The standard InChI is InChI=1S/C13H12N2O4S/c1-14-12(16)10-7-15-11(20-10)6-4-8-3-5-9(19-8)13(17)18-2/h3-7H,1-2H3,(H,14,16)/b6-4-. The summed E-state index contributed by atoms with van der Waals surface area (Å²) in [5.41, 5.74) is 0. The molecule has 7 heteroatoms. The summed E-state index contributed by atoms with van der Waals surface area (Å²) >= 11 is 1.26. The third-order valence-corrected chi connectivity index (χ3v) is 3.34. The predicted molar refractivity (Wildman–Crippen MR) is 74.5 cm³/mol. The number of thiazole rings is 1. The summed E-state index contributed by atoms with van der Waals surface area (Å²) in [5.74, 6) is -0.0617. The summed E-state index contributed by atoms with van der Waals surface area (Å²) in [4.78, 5) is 27.2. The number of carbonyl (C=O) groups excluding carboxylic acids is 2. The Morgan fingerprint density at radius 2 is 2.20 bits per heavy atom. The Morgan fingerprint density at radius 1 is 1.40 bits per heavy atom. The molecule has 2 aromatic rings. The zero-order valence-corrected chi connectivity index (χ0v) is 11.7. The molecule has 0 saturated carbocycles. The number of hydrogen-bond donors (Lipinski definition) is 1. The molecule has 2 aromatic heterocycles. The van der Waals surface area contributed by atoms with E-state index in [-0.39, 0.29) is 11.7 Å². The van der Waals surface area contributed by atoms with Crippen LogP contribution in [0.5, 0.6) is 0 Å². The van der Waals surface area contributed by atoms with Gasteiger partial charge in [-0.1, -0.05) is 0 Å². The van der Waals surface area contributed by atoms with Crippen molar-refractivity contribution >= 4 is 35.4 Å². The second-order valence-electron chi connectivity index (χ2n) is 3.67. The lowest BCUT2D eigenvalue weighted by Gasteiger charge is -1.91. The lowest BCUT2D eigenvalue weighted by Crippen LogP contribution is -2.16. The minimum Gasteiger partial charge on any atom is -0.463 e. The predicted octanol–water partition coefficient (Wildman–Crippen LogP) is 2.05. The van der Waals surface area contributed by atoms with Crippen LogP contribution in [0.25, 0.3) is 12.2 Å². The van der Waals surface area contributed by atoms with Crippen LogP contribution in [0.3, 0.4) is 0 Å². The fourth-order valence-electron chi connectivity index (χ4n) is 1.40. The van der Waals surface area contributed by atoms with Gasteiger partial charge < -0.3 is 14.5 Å². The largest absolute Gasteiger partial charge is 0.463 e. The molecule has 0 saturated heterocycles. The van der Waals surface area contributed by atoms with Crippen LogP contribution < -0.4 is 5.32 Å². The summed E-state index contributed by atoms with van der Waals surface area (Å²) in [6, 6.07) is 3.18. The molecule has 0 aliphatic rings. The van der Waals surface area contributed by atoms with E-state index >= 15 is 0 Å². The van der Waals surface area contributed by atoms with Gasteiger partial charge in [0, 0.05) is 7.05 Å². The second kappa shape index (κ2) is 6.16. The average molecular weight is 292 g/mol. The van der Waals surface area contributed by atoms with Crippen LogP contribution in [0, 0.1) is 0 Å². The number of aromatic nitrogens is 1. The van der Waals surface area contributed by atoms with Gasteiger partial charge in [0.05, 0.1) is 13.3 Å². The van der Waals surface area contributed by atoms with Gasteiger partial charge in [0.15, 0.2) is 0 Å². The molecule has 2 rings (SSSR count). The molecule has 0 spiro atoms. The summed E-state index contributed by atoms with van der Waals surface area (Å²) < 4.78 is 9.81. The molecule has 0 atom stereocenters. The molecule has 0 bridgehead atoms. The molecule has 1 N–H and O–H groups in total. The number of esters is 1. The van der Waals surface area contributed by atoms with Crippen LogP contribution in [-0.2, 0) is 4.74 Å². The third kappa shape index (κ3) is 3.12. The maximum absolute atomic E-state index is 11.4. The zero-order valence-electron chi connectivity index (χ0n) is 10.9. The van der Waals surface area contributed by atoms with E-state index in [1.807, 2.05) is 0 Å². The average Bonchev–Trinajstić information content (AvgIpc) is 3.12. The zero-order chi connectivity index (χ0) is 14.5. The summed E-state index contributed by atoms with van der Waals surface area (Å²) in [6.07, 6.45) is 4.88. The Morgan fingerprint density at radius 3 is 2.90 bits per heavy atom. The lowest BCUT2D eigenvalue weighted by molar-refractivity contribution is 0.0564. The molecular weight excluding hydrogens is 280 g/mol. The highest BCUT2D eigenvalue weighted by Gasteiger charge is 2.10. The van der Waals surface area contributed by atoms with Gasteiger partial charge in [0.2, 0.25) is 5.76 Å². The summed E-state index contributed by atoms with van der Waals surface area (Å²) in [7, 11) is 2.85. The first-order valence-corrected chi connectivity index (χ1v) is 6.50. The van der Waals surface area contributed by atoms with Gasteiger partial charge in [-0.15, -0.1) is 11.3 Å². The smallest absolute Gasteiger partial charge is 0.373 e. The first-order chi connectivity index (χ1) is 9.63. The Labute approximate surface area is 119 Å². The van der Waals surface area contributed by atoms with Gasteiger partial charge in [0.1, 0.15) is 15.6 Å². The van der Waals surface area contributed by atoms with Crippen LogP contribution in [0.1, 0.15) is 31.0 Å². The topological polar surface area (TPSA) is 81.4 Å². The van der Waals surface area contributed by atoms with Crippen molar-refractivity contribution in [1.82, 2.24) is 10.3 Å². The van der Waals surface area contributed by atoms with Crippen molar-refractivity contribution in [2.24, 2.45) is 0 Å². The van der Waals surface area contributed by atoms with Gasteiger partial charge in [-0.05, 0) is 24.3 Å². The minimum absolute atomic E-state index is 0.136. The Kier molecular flexibility index (Phi) is 4.31. The highest BCUT2D eigenvalue weighted by molar-refractivity contribution is 7.14. The lowest BCUT2D eigenvalue weighted by atomic mass is 10.4. The molecule has 0 aliphatic heterocycles. The van der Waals surface area contributed by atoms with Crippen LogP contribution >= 0.6 is 11.3 Å². The van der Waals surface area contributed by atoms with E-state index in [0.29, 0.717) is 15.6 Å². The SMILES string of the molecule is CNC(=O)c1cnc(/C=C\c2ccc(C(=O)OC)o2)s1. The number of amides is 1. The number of furan rings is 1. The molecule has 1 amide bonds. The van der Waals surface area contributed by atoms with E-state index in [1.165, 1.54) is 30.7 Å². The van der Waals surface area contributed by atoms with E-state index in [0.717, 1.165) is 0 Å². The summed E-state index contributed by atoms with van der Waals surface area (Å²) in [5, 5.41) is 3.19. The highest BCUT2D eigenvalue weighted by atomic mass is 32.1. The highest BCUT2D eigenvalue weighted by Crippen LogP contribution is 2.17. The fourth-order valence-corrected chi connectivity index (χ4v) is 2.17. The molecule has 104 valence electrons. The van der Waals surface area contributed by atoms with Crippen LogP contribution in [0.15, 0.2) is 22.7 Å². The molecule has 0 unspecified atom stereocenters. The molecule has 6 nitrogen and oxygen atoms in total. The van der Waals surface area contributed by atoms with E-state index in [1.54, 1.807) is 25.3 Å². The van der Waals surface area contributed by atoms with Gasteiger partial charge in [0.25, 0.3) is 5.91 Å². The van der Waals surface area contributed by atoms with Gasteiger partial charge in [-0.2, -0.15) is 0 Å². The number of rotatable bonds is 4. The first kappa shape index (κ1) is 14.0. The number of ether oxygens (including phenoxy) is 1. The van der Waals surface area contributed by atoms with Gasteiger partial charge in [-0.3, -0.25) is 4.79 Å². The molecule has 20 heavy (non-hydrogen) atoms. The molecule has 0 radical (unpaired) electrons. The number of hydrogen-bond acceptors (Lipinski definition) is 6. The minimum atomic E-state index is -0.527. The van der Waals surface area contributed by atoms with Crippen molar-refractivity contribution in [2.45, 2.75) is 0 Å². The van der Waals surface area contributed by atoms with Gasteiger partial charge >= 0.3 is 5.97 Å². The van der Waals surface area contributed by atoms with Crippen molar-refractivity contribution in [1.29, 1.82) is 0 Å². The van der Waals surface area contributed by atoms with Crippen molar-refractivity contribution in [2.75, 3.05) is 14.2 Å². The Balaban J connectivity index is 2.09. The maximum Gasteiger partial charge on any atom is 0.373 e. The van der Waals surface area contributed by atoms with Crippen LogP contribution in [0.2, 0.25) is 0 Å². The first-order valence-electron chi connectivity index (χ1n) is 5.68. The van der Waals surface area contributed by atoms with Crippen molar-refractivity contribution < 1.29 is 18.7 Å². The van der Waals surface area contributed by atoms with E-state index in [4.69, 9.17) is 4.42 Å². The molecule has 0 aromatic carbocycles. The number of carbonyl (C=O) groups is 2. The van der Waals surface area contributed by atoms with Crippen LogP contribution in [0.4, 0.5) is 0 Å². The maximum atomic E-state index is 11.4. The molecule has 0 aliphatic carbocycles.